The average molecular weight is 236 g/mol. The van der Waals surface area contributed by atoms with Crippen LogP contribution in [0, 0.1) is 6.92 Å². The highest BCUT2D eigenvalue weighted by Crippen LogP contribution is 2.16. The van der Waals surface area contributed by atoms with Gasteiger partial charge in [-0.2, -0.15) is 8.42 Å². The van der Waals surface area contributed by atoms with E-state index in [4.69, 9.17) is 11.6 Å². The lowest BCUT2D eigenvalue weighted by Crippen LogP contribution is -2.26. The van der Waals surface area contributed by atoms with Crippen LogP contribution in [0.3, 0.4) is 0 Å². The summed E-state index contributed by atoms with van der Waals surface area (Å²) in [5.41, 5.74) is 1.09. The monoisotopic (exact) mass is 235 g/mol. The first kappa shape index (κ1) is 11.2. The number of anilines is 1. The first-order valence-electron chi connectivity index (χ1n) is 3.78. The highest BCUT2D eigenvalue weighted by Gasteiger charge is 2.07. The Bertz CT molecular complexity index is 433. The van der Waals surface area contributed by atoms with Gasteiger partial charge in [-0.3, -0.25) is 4.72 Å². The zero-order valence-corrected chi connectivity index (χ0v) is 9.28. The van der Waals surface area contributed by atoms with E-state index in [-0.39, 0.29) is 0 Å². The number of aryl methyl sites for hydroxylation is 1. The third-order valence-corrected chi connectivity index (χ3v) is 2.97. The molecule has 2 N–H and O–H groups in total. The van der Waals surface area contributed by atoms with E-state index < -0.39 is 10.2 Å². The van der Waals surface area contributed by atoms with Gasteiger partial charge < -0.3 is 0 Å². The molecule has 0 saturated heterocycles. The summed E-state index contributed by atoms with van der Waals surface area (Å²) in [5, 5.41) is 0.359. The first-order valence-corrected chi connectivity index (χ1v) is 5.64. The quantitative estimate of drug-likeness (QED) is 0.766. The molecule has 0 aliphatic heterocycles. The van der Waals surface area contributed by atoms with Gasteiger partial charge in [-0.05, 0) is 18.6 Å². The minimum Gasteiger partial charge on any atom is -0.270 e. The molecule has 1 aromatic heterocycles. The van der Waals surface area contributed by atoms with Crippen molar-refractivity contribution < 1.29 is 8.42 Å². The van der Waals surface area contributed by atoms with Gasteiger partial charge in [-0.15, -0.1) is 0 Å². The molecule has 0 atom stereocenters. The van der Waals surface area contributed by atoms with Crippen LogP contribution >= 0.6 is 11.6 Å². The molecule has 14 heavy (non-hydrogen) atoms. The fourth-order valence-corrected chi connectivity index (χ4v) is 1.45. The lowest BCUT2D eigenvalue weighted by molar-refractivity contribution is 0.593. The summed E-state index contributed by atoms with van der Waals surface area (Å²) >= 11 is 5.68. The molecule has 78 valence electrons. The van der Waals surface area contributed by atoms with E-state index in [2.05, 4.69) is 14.4 Å². The molecule has 0 saturated carbocycles. The van der Waals surface area contributed by atoms with E-state index in [1.807, 2.05) is 0 Å². The molecule has 0 aromatic carbocycles. The number of aromatic nitrogens is 1. The Morgan fingerprint density at radius 1 is 1.50 bits per heavy atom. The predicted octanol–water partition coefficient (Wildman–Crippen LogP) is 0.920. The fourth-order valence-electron chi connectivity index (χ4n) is 0.820. The summed E-state index contributed by atoms with van der Waals surface area (Å²) in [4.78, 5) is 3.81. The molecular weight excluding hydrogens is 226 g/mol. The molecule has 0 aliphatic rings. The molecule has 7 heteroatoms. The van der Waals surface area contributed by atoms with Crippen LogP contribution in [-0.4, -0.2) is 20.4 Å². The first-order chi connectivity index (χ1) is 6.44. The van der Waals surface area contributed by atoms with Crippen molar-refractivity contribution in [2.24, 2.45) is 0 Å². The van der Waals surface area contributed by atoms with Crippen LogP contribution in [0.15, 0.2) is 12.3 Å². The topological polar surface area (TPSA) is 71.1 Å². The largest absolute Gasteiger partial charge is 0.298 e. The van der Waals surface area contributed by atoms with Gasteiger partial charge in [0.15, 0.2) is 0 Å². The molecule has 5 nitrogen and oxygen atoms in total. The molecule has 0 spiro atoms. The molecule has 0 radical (unpaired) electrons. The molecule has 0 aliphatic carbocycles. The lowest BCUT2D eigenvalue weighted by Gasteiger charge is -2.06. The summed E-state index contributed by atoms with van der Waals surface area (Å²) in [7, 11) is -2.17. The maximum Gasteiger partial charge on any atom is 0.298 e. The Morgan fingerprint density at radius 2 is 2.14 bits per heavy atom. The van der Waals surface area contributed by atoms with Gasteiger partial charge in [0, 0.05) is 7.05 Å². The highest BCUT2D eigenvalue weighted by molar-refractivity contribution is 7.90. The highest BCUT2D eigenvalue weighted by atomic mass is 35.5. The van der Waals surface area contributed by atoms with Gasteiger partial charge in [0.25, 0.3) is 10.2 Å². The van der Waals surface area contributed by atoms with Crippen molar-refractivity contribution in [2.75, 3.05) is 11.8 Å². The standard InChI is InChI=1S/C7H10ClN3O2S/c1-5-3-6(4-10-7(5)8)11-14(12,13)9-2/h3-4,9,11H,1-2H3. The number of nitrogens with one attached hydrogen (secondary N) is 2. The van der Waals surface area contributed by atoms with Crippen molar-refractivity contribution in [1.82, 2.24) is 9.71 Å². The molecule has 0 bridgehead atoms. The zero-order chi connectivity index (χ0) is 10.8. The van der Waals surface area contributed by atoms with Crippen molar-refractivity contribution in [3.8, 4) is 0 Å². The Hall–Kier alpha value is -0.850. The van der Waals surface area contributed by atoms with E-state index in [1.54, 1.807) is 13.0 Å². The van der Waals surface area contributed by atoms with Gasteiger partial charge in [0.05, 0.1) is 11.9 Å². The summed E-state index contributed by atoms with van der Waals surface area (Å²) in [6, 6.07) is 1.60. The smallest absolute Gasteiger partial charge is 0.270 e. The van der Waals surface area contributed by atoms with E-state index in [0.717, 1.165) is 0 Å². The van der Waals surface area contributed by atoms with Gasteiger partial charge in [-0.1, -0.05) is 11.6 Å². The number of hydrogen-bond donors (Lipinski definition) is 2. The van der Waals surface area contributed by atoms with Crippen molar-refractivity contribution in [3.63, 3.8) is 0 Å². The van der Waals surface area contributed by atoms with Gasteiger partial charge in [0.2, 0.25) is 0 Å². The normalized spacial score (nSPS) is 11.4. The van der Waals surface area contributed by atoms with E-state index in [0.29, 0.717) is 16.4 Å². The van der Waals surface area contributed by atoms with E-state index in [9.17, 15) is 8.42 Å². The molecule has 0 fully saturated rings. The third-order valence-electron chi connectivity index (χ3n) is 1.54. The predicted molar refractivity (Wildman–Crippen MR) is 55.6 cm³/mol. The van der Waals surface area contributed by atoms with E-state index in [1.165, 1.54) is 13.2 Å². The SMILES string of the molecule is CNS(=O)(=O)Nc1cnc(Cl)c(C)c1. The Labute approximate surface area is 87.7 Å². The van der Waals surface area contributed by atoms with Crippen LogP contribution in [0.4, 0.5) is 5.69 Å². The second kappa shape index (κ2) is 4.12. The summed E-state index contributed by atoms with van der Waals surface area (Å²) < 4.78 is 26.6. The van der Waals surface area contributed by atoms with Crippen LogP contribution in [0.1, 0.15) is 5.56 Å². The lowest BCUT2D eigenvalue weighted by atomic mass is 10.3. The third kappa shape index (κ3) is 2.83. The summed E-state index contributed by atoms with van der Waals surface area (Å²) in [5.74, 6) is 0. The maximum atomic E-state index is 11.1. The molecule has 0 unspecified atom stereocenters. The molecular formula is C7H10ClN3O2S. The van der Waals surface area contributed by atoms with E-state index >= 15 is 0 Å². The number of pyridine rings is 1. The van der Waals surface area contributed by atoms with Crippen LogP contribution in [0.25, 0.3) is 0 Å². The molecule has 1 aromatic rings. The van der Waals surface area contributed by atoms with Crippen molar-refractivity contribution >= 4 is 27.5 Å². The number of rotatable bonds is 3. The maximum absolute atomic E-state index is 11.1. The average Bonchev–Trinajstić information content (AvgIpc) is 2.11. The van der Waals surface area contributed by atoms with Crippen molar-refractivity contribution in [3.05, 3.63) is 23.0 Å². The minimum atomic E-state index is -3.49. The van der Waals surface area contributed by atoms with Crippen molar-refractivity contribution in [2.45, 2.75) is 6.92 Å². The Kier molecular flexibility index (Phi) is 3.30. The van der Waals surface area contributed by atoms with Gasteiger partial charge >= 0.3 is 0 Å². The summed E-state index contributed by atoms with van der Waals surface area (Å²) in [6.07, 6.45) is 1.35. The minimum absolute atomic E-state index is 0.359. The van der Waals surface area contributed by atoms with Crippen LogP contribution in [0.2, 0.25) is 5.15 Å². The molecule has 1 rings (SSSR count). The zero-order valence-electron chi connectivity index (χ0n) is 7.70. The van der Waals surface area contributed by atoms with Crippen molar-refractivity contribution in [1.29, 1.82) is 0 Å². The Balaban J connectivity index is 2.94. The van der Waals surface area contributed by atoms with Gasteiger partial charge in [0.1, 0.15) is 5.15 Å². The Morgan fingerprint density at radius 3 is 2.64 bits per heavy atom. The number of hydrogen-bond acceptors (Lipinski definition) is 3. The fraction of sp³-hybridized carbons (Fsp3) is 0.286. The second-order valence-corrected chi connectivity index (χ2v) is 4.62. The second-order valence-electron chi connectivity index (χ2n) is 2.64. The van der Waals surface area contributed by atoms with Crippen LogP contribution in [-0.2, 0) is 10.2 Å². The van der Waals surface area contributed by atoms with Crippen LogP contribution < -0.4 is 9.44 Å². The van der Waals surface area contributed by atoms with Gasteiger partial charge in [-0.25, -0.2) is 9.71 Å². The molecule has 1 heterocycles. The van der Waals surface area contributed by atoms with Crippen LogP contribution in [0.5, 0.6) is 0 Å². The summed E-state index contributed by atoms with van der Waals surface area (Å²) in [6.45, 7) is 1.74. The molecule has 0 amide bonds. The number of nitrogens with zero attached hydrogens (tertiary/aromatic N) is 1. The number of halogens is 1.